The van der Waals surface area contributed by atoms with Crippen molar-refractivity contribution in [3.05, 3.63) is 95.6 Å². The van der Waals surface area contributed by atoms with Gasteiger partial charge in [0.15, 0.2) is 0 Å². The van der Waals surface area contributed by atoms with Gasteiger partial charge in [0.2, 0.25) is 5.91 Å². The fourth-order valence-electron chi connectivity index (χ4n) is 3.65. The SMILES string of the molecule is Cc1ccc(OCCn2c(CCNC(=O)Cc3ccccc3F)nc3ccccc32)cc1. The van der Waals surface area contributed by atoms with Crippen LogP contribution in [0.3, 0.4) is 0 Å². The molecule has 164 valence electrons. The molecule has 5 nitrogen and oxygen atoms in total. The Kier molecular flexibility index (Phi) is 6.80. The molecule has 0 aliphatic rings. The predicted octanol–water partition coefficient (Wildman–Crippen LogP) is 4.46. The number of nitrogens with zero attached hydrogens (tertiary/aromatic N) is 2. The number of benzene rings is 3. The first-order chi connectivity index (χ1) is 15.6. The molecule has 0 aliphatic heterocycles. The Labute approximate surface area is 186 Å². The molecule has 6 heteroatoms. The van der Waals surface area contributed by atoms with E-state index in [4.69, 9.17) is 9.72 Å². The van der Waals surface area contributed by atoms with Crippen LogP contribution in [-0.4, -0.2) is 28.6 Å². The van der Waals surface area contributed by atoms with Crippen LogP contribution in [0.4, 0.5) is 4.39 Å². The van der Waals surface area contributed by atoms with Gasteiger partial charge in [-0.15, -0.1) is 0 Å². The van der Waals surface area contributed by atoms with E-state index in [1.54, 1.807) is 18.2 Å². The van der Waals surface area contributed by atoms with Gasteiger partial charge in [-0.3, -0.25) is 4.79 Å². The summed E-state index contributed by atoms with van der Waals surface area (Å²) in [6.07, 6.45) is 0.593. The Morgan fingerprint density at radius 1 is 1.03 bits per heavy atom. The van der Waals surface area contributed by atoms with Gasteiger partial charge in [0.1, 0.15) is 24.0 Å². The molecule has 0 atom stereocenters. The lowest BCUT2D eigenvalue weighted by molar-refractivity contribution is -0.120. The van der Waals surface area contributed by atoms with Gasteiger partial charge in [-0.1, -0.05) is 48.0 Å². The second-order valence-corrected chi connectivity index (χ2v) is 7.70. The van der Waals surface area contributed by atoms with Crippen LogP contribution in [-0.2, 0) is 24.2 Å². The largest absolute Gasteiger partial charge is 0.492 e. The molecule has 0 spiro atoms. The van der Waals surface area contributed by atoms with E-state index in [1.165, 1.54) is 11.6 Å². The third kappa shape index (κ3) is 5.32. The van der Waals surface area contributed by atoms with Crippen LogP contribution in [0, 0.1) is 12.7 Å². The molecule has 1 aromatic heterocycles. The molecule has 0 saturated heterocycles. The number of amides is 1. The van der Waals surface area contributed by atoms with Crippen molar-refractivity contribution < 1.29 is 13.9 Å². The molecular weight excluding hydrogens is 405 g/mol. The highest BCUT2D eigenvalue weighted by Crippen LogP contribution is 2.17. The second-order valence-electron chi connectivity index (χ2n) is 7.70. The number of para-hydroxylation sites is 2. The Bertz CT molecular complexity index is 1200. The van der Waals surface area contributed by atoms with Crippen molar-refractivity contribution in [2.75, 3.05) is 13.2 Å². The van der Waals surface area contributed by atoms with E-state index < -0.39 is 0 Å². The summed E-state index contributed by atoms with van der Waals surface area (Å²) in [7, 11) is 0. The minimum atomic E-state index is -0.363. The van der Waals surface area contributed by atoms with Gasteiger partial charge < -0.3 is 14.6 Å². The summed E-state index contributed by atoms with van der Waals surface area (Å²) >= 11 is 0. The number of nitrogens with one attached hydrogen (secondary N) is 1. The van der Waals surface area contributed by atoms with E-state index in [-0.39, 0.29) is 18.1 Å². The number of carbonyl (C=O) groups excluding carboxylic acids is 1. The number of fused-ring (bicyclic) bond motifs is 1. The lowest BCUT2D eigenvalue weighted by atomic mass is 10.1. The third-order valence-electron chi connectivity index (χ3n) is 5.32. The number of carbonyl (C=O) groups is 1. The second kappa shape index (κ2) is 10.1. The summed E-state index contributed by atoms with van der Waals surface area (Å²) in [5.74, 6) is 1.14. The smallest absolute Gasteiger partial charge is 0.224 e. The number of ether oxygens (including phenoxy) is 1. The normalized spacial score (nSPS) is 10.9. The van der Waals surface area contributed by atoms with Gasteiger partial charge in [0.25, 0.3) is 0 Å². The zero-order valence-corrected chi connectivity index (χ0v) is 18.1. The van der Waals surface area contributed by atoms with Crippen molar-refractivity contribution in [1.82, 2.24) is 14.9 Å². The highest BCUT2D eigenvalue weighted by Gasteiger charge is 2.12. The first-order valence-electron chi connectivity index (χ1n) is 10.7. The van der Waals surface area contributed by atoms with Crippen molar-refractivity contribution in [1.29, 1.82) is 0 Å². The summed E-state index contributed by atoms with van der Waals surface area (Å²) < 4.78 is 21.8. The molecule has 4 aromatic rings. The van der Waals surface area contributed by atoms with Crippen LogP contribution in [0.1, 0.15) is 17.0 Å². The van der Waals surface area contributed by atoms with E-state index in [2.05, 4.69) is 9.88 Å². The van der Waals surface area contributed by atoms with Gasteiger partial charge in [0, 0.05) is 13.0 Å². The molecule has 4 rings (SSSR count). The van der Waals surface area contributed by atoms with E-state index in [0.717, 1.165) is 22.6 Å². The van der Waals surface area contributed by atoms with Crippen LogP contribution in [0.2, 0.25) is 0 Å². The number of aryl methyl sites for hydroxylation is 1. The maximum absolute atomic E-state index is 13.8. The molecule has 0 radical (unpaired) electrons. The topological polar surface area (TPSA) is 56.1 Å². The molecule has 0 saturated carbocycles. The molecule has 0 aliphatic carbocycles. The third-order valence-corrected chi connectivity index (χ3v) is 5.32. The van der Waals surface area contributed by atoms with Gasteiger partial charge in [-0.2, -0.15) is 0 Å². The Balaban J connectivity index is 1.38. The van der Waals surface area contributed by atoms with Gasteiger partial charge in [0.05, 0.1) is 24.0 Å². The van der Waals surface area contributed by atoms with Crippen LogP contribution in [0.15, 0.2) is 72.8 Å². The van der Waals surface area contributed by atoms with E-state index >= 15 is 0 Å². The lowest BCUT2D eigenvalue weighted by Gasteiger charge is -2.12. The summed E-state index contributed by atoms with van der Waals surface area (Å²) in [6, 6.07) is 22.3. The van der Waals surface area contributed by atoms with Gasteiger partial charge in [-0.05, 0) is 42.8 Å². The molecule has 1 N–H and O–H groups in total. The van der Waals surface area contributed by atoms with Crippen molar-refractivity contribution in [3.8, 4) is 5.75 Å². The average molecular weight is 432 g/mol. The lowest BCUT2D eigenvalue weighted by Crippen LogP contribution is -2.28. The highest BCUT2D eigenvalue weighted by molar-refractivity contribution is 5.78. The molecule has 1 heterocycles. The highest BCUT2D eigenvalue weighted by atomic mass is 19.1. The summed E-state index contributed by atoms with van der Waals surface area (Å²) in [4.78, 5) is 17.0. The molecule has 32 heavy (non-hydrogen) atoms. The summed E-state index contributed by atoms with van der Waals surface area (Å²) in [5.41, 5.74) is 3.53. The maximum atomic E-state index is 13.8. The fraction of sp³-hybridized carbons (Fsp3) is 0.231. The van der Waals surface area contributed by atoms with Crippen LogP contribution < -0.4 is 10.1 Å². The molecule has 0 bridgehead atoms. The Morgan fingerprint density at radius 3 is 2.59 bits per heavy atom. The molecule has 0 unspecified atom stereocenters. The maximum Gasteiger partial charge on any atom is 0.224 e. The predicted molar refractivity (Wildman–Crippen MR) is 123 cm³/mol. The summed E-state index contributed by atoms with van der Waals surface area (Å²) in [6.45, 7) is 3.63. The van der Waals surface area contributed by atoms with E-state index in [9.17, 15) is 9.18 Å². The number of aromatic nitrogens is 2. The zero-order valence-electron chi connectivity index (χ0n) is 18.1. The van der Waals surface area contributed by atoms with E-state index in [1.807, 2.05) is 55.5 Å². The summed E-state index contributed by atoms with van der Waals surface area (Å²) in [5, 5.41) is 2.88. The number of hydrogen-bond acceptors (Lipinski definition) is 3. The monoisotopic (exact) mass is 431 g/mol. The standard InChI is InChI=1S/C26H26FN3O2/c1-19-10-12-21(13-11-19)32-17-16-30-24-9-5-4-8-23(24)29-25(30)14-15-28-26(31)18-20-6-2-3-7-22(20)27/h2-13H,14-18H2,1H3,(H,28,31). The fourth-order valence-corrected chi connectivity index (χ4v) is 3.65. The molecular formula is C26H26FN3O2. The minimum absolute atomic E-state index is 0.0213. The number of rotatable bonds is 9. The van der Waals surface area contributed by atoms with Crippen molar-refractivity contribution >= 4 is 16.9 Å². The molecule has 3 aromatic carbocycles. The van der Waals surface area contributed by atoms with Crippen LogP contribution in [0.5, 0.6) is 5.75 Å². The minimum Gasteiger partial charge on any atom is -0.492 e. The number of halogens is 1. The Morgan fingerprint density at radius 2 is 1.78 bits per heavy atom. The molecule has 1 amide bonds. The van der Waals surface area contributed by atoms with Gasteiger partial charge in [-0.25, -0.2) is 9.37 Å². The molecule has 0 fully saturated rings. The first-order valence-corrected chi connectivity index (χ1v) is 10.7. The van der Waals surface area contributed by atoms with Crippen LogP contribution >= 0.6 is 0 Å². The first kappa shape index (κ1) is 21.6. The van der Waals surface area contributed by atoms with Crippen LogP contribution in [0.25, 0.3) is 11.0 Å². The van der Waals surface area contributed by atoms with Gasteiger partial charge >= 0.3 is 0 Å². The number of hydrogen-bond donors (Lipinski definition) is 1. The van der Waals surface area contributed by atoms with Crippen molar-refractivity contribution in [2.24, 2.45) is 0 Å². The average Bonchev–Trinajstić information content (AvgIpc) is 3.14. The van der Waals surface area contributed by atoms with E-state index in [0.29, 0.717) is 31.7 Å². The number of imidazole rings is 1. The zero-order chi connectivity index (χ0) is 22.3. The van der Waals surface area contributed by atoms with Crippen molar-refractivity contribution in [3.63, 3.8) is 0 Å². The quantitative estimate of drug-likeness (QED) is 0.426. The van der Waals surface area contributed by atoms with Crippen molar-refractivity contribution in [2.45, 2.75) is 26.3 Å². The Hall–Kier alpha value is -3.67.